The first-order valence-electron chi connectivity index (χ1n) is 11.7. The minimum absolute atomic E-state index is 0.0159. The van der Waals surface area contributed by atoms with Gasteiger partial charge in [0.25, 0.3) is 0 Å². The minimum Gasteiger partial charge on any atom is -0.477 e. The normalized spacial score (nSPS) is 12.0. The smallest absolute Gasteiger partial charge is 0.469 e. The molecule has 4 heterocycles. The number of carbonyl (C=O) groups is 2. The van der Waals surface area contributed by atoms with Crippen LogP contribution in [-0.2, 0) is 21.8 Å². The van der Waals surface area contributed by atoms with Gasteiger partial charge in [-0.05, 0) is 19.1 Å². The summed E-state index contributed by atoms with van der Waals surface area (Å²) in [4.78, 5) is 66.7. The lowest BCUT2D eigenvalue weighted by Gasteiger charge is -2.14. The van der Waals surface area contributed by atoms with Crippen LogP contribution in [0.15, 0.2) is 40.9 Å². The largest absolute Gasteiger partial charge is 0.477 e. The number of carboxylic acids is 1. The number of nitrogens with one attached hydrogen (secondary N) is 2. The van der Waals surface area contributed by atoms with E-state index >= 15 is 0 Å². The Morgan fingerprint density at radius 1 is 1.17 bits per heavy atom. The molecule has 0 radical (unpaired) electrons. The van der Waals surface area contributed by atoms with Crippen LogP contribution in [0.25, 0.3) is 32.7 Å². The van der Waals surface area contributed by atoms with E-state index in [0.29, 0.717) is 17.9 Å². The quantitative estimate of drug-likeness (QED) is 0.169. The summed E-state index contributed by atoms with van der Waals surface area (Å²) in [6.45, 7) is 1.13. The van der Waals surface area contributed by atoms with Crippen molar-refractivity contribution in [3.05, 3.63) is 57.6 Å². The highest BCUT2D eigenvalue weighted by Gasteiger charge is 2.34. The van der Waals surface area contributed by atoms with E-state index in [4.69, 9.17) is 9.79 Å². The molecule has 42 heavy (non-hydrogen) atoms. The van der Waals surface area contributed by atoms with Crippen molar-refractivity contribution < 1.29 is 46.7 Å². The zero-order valence-corrected chi connectivity index (χ0v) is 23.0. The average Bonchev–Trinajstić information content (AvgIpc) is 3.40. The molecule has 0 aliphatic rings. The van der Waals surface area contributed by atoms with E-state index in [1.54, 1.807) is 6.92 Å². The summed E-state index contributed by atoms with van der Waals surface area (Å²) in [6.07, 6.45) is -1.30. The molecule has 0 aromatic carbocycles. The molecule has 2 amide bonds. The van der Waals surface area contributed by atoms with Gasteiger partial charge in [-0.2, -0.15) is 13.2 Å². The maximum absolute atomic E-state index is 13.3. The molecule has 0 bridgehead atoms. The van der Waals surface area contributed by atoms with Crippen molar-refractivity contribution in [3.8, 4) is 21.7 Å². The molecule has 0 unspecified atom stereocenters. The van der Waals surface area contributed by atoms with Crippen LogP contribution in [0.4, 0.5) is 23.8 Å². The number of alkyl halides is 3. The summed E-state index contributed by atoms with van der Waals surface area (Å²) in [7, 11) is -4.84. The van der Waals surface area contributed by atoms with Gasteiger partial charge in [0.15, 0.2) is 5.69 Å². The first kappa shape index (κ1) is 30.7. The lowest BCUT2D eigenvalue weighted by atomic mass is 10.0. The van der Waals surface area contributed by atoms with Crippen LogP contribution in [0.1, 0.15) is 23.0 Å². The SMILES string of the molecule is CCNC(=O)Nc1cc(-c2nc(C(F)(F)F)cs2)c(-c2cnc3c(c2)c(=O)c(C(=O)O)cn3CCOP(=O)(O)O)cn1. The second-order valence-electron chi connectivity index (χ2n) is 8.42. The molecule has 4 rings (SSSR count). The molecule has 4 aromatic rings. The number of rotatable bonds is 9. The topological polar surface area (TPSA) is 206 Å². The Kier molecular flexibility index (Phi) is 8.74. The molecule has 0 fully saturated rings. The van der Waals surface area contributed by atoms with E-state index in [1.807, 2.05) is 0 Å². The fraction of sp³-hybridized carbons (Fsp3) is 0.217. The third-order valence-electron chi connectivity index (χ3n) is 5.55. The summed E-state index contributed by atoms with van der Waals surface area (Å²) < 4.78 is 56.5. The van der Waals surface area contributed by atoms with Gasteiger partial charge < -0.3 is 24.8 Å². The van der Waals surface area contributed by atoms with Crippen LogP contribution < -0.4 is 16.1 Å². The Hall–Kier alpha value is -4.22. The fourth-order valence-corrected chi connectivity index (χ4v) is 4.96. The van der Waals surface area contributed by atoms with Crippen molar-refractivity contribution >= 4 is 48.0 Å². The summed E-state index contributed by atoms with van der Waals surface area (Å²) in [6, 6.07) is 1.93. The van der Waals surface area contributed by atoms with Gasteiger partial charge in [0.1, 0.15) is 22.0 Å². The van der Waals surface area contributed by atoms with Gasteiger partial charge in [-0.15, -0.1) is 11.3 Å². The van der Waals surface area contributed by atoms with Crippen molar-refractivity contribution in [2.45, 2.75) is 19.6 Å². The molecule has 0 aliphatic carbocycles. The second kappa shape index (κ2) is 11.9. The maximum atomic E-state index is 13.3. The Balaban J connectivity index is 1.88. The van der Waals surface area contributed by atoms with Crippen LogP contribution >= 0.6 is 19.2 Å². The predicted molar refractivity (Wildman–Crippen MR) is 143 cm³/mol. The fourth-order valence-electron chi connectivity index (χ4n) is 3.78. The van der Waals surface area contributed by atoms with Crippen LogP contribution in [0.2, 0.25) is 0 Å². The van der Waals surface area contributed by atoms with Gasteiger partial charge in [-0.1, -0.05) is 0 Å². The number of carbonyl (C=O) groups excluding carboxylic acids is 1. The van der Waals surface area contributed by atoms with Crippen LogP contribution in [0.3, 0.4) is 0 Å². The van der Waals surface area contributed by atoms with Gasteiger partial charge in [0.2, 0.25) is 5.43 Å². The highest BCUT2D eigenvalue weighted by atomic mass is 32.1. The Morgan fingerprint density at radius 3 is 2.52 bits per heavy atom. The van der Waals surface area contributed by atoms with Gasteiger partial charge >= 0.3 is 26.0 Å². The first-order chi connectivity index (χ1) is 19.7. The zero-order valence-electron chi connectivity index (χ0n) is 21.2. The molecular formula is C23H20F3N6O8PS. The summed E-state index contributed by atoms with van der Waals surface area (Å²) in [5.41, 5.74) is -2.40. The highest BCUT2D eigenvalue weighted by molar-refractivity contribution is 7.46. The number of aromatic nitrogens is 4. The number of thiazole rings is 1. The Morgan fingerprint density at radius 2 is 1.90 bits per heavy atom. The molecule has 0 aliphatic heterocycles. The number of anilines is 1. The number of halogens is 3. The van der Waals surface area contributed by atoms with Crippen LogP contribution in [0.5, 0.6) is 0 Å². The number of phosphoric acid groups is 1. The van der Waals surface area contributed by atoms with Crippen LogP contribution in [-0.4, -0.2) is 59.6 Å². The number of fused-ring (bicyclic) bond motifs is 1. The number of carboxylic acid groups (broad SMARTS) is 1. The van der Waals surface area contributed by atoms with Crippen molar-refractivity contribution in [2.75, 3.05) is 18.5 Å². The number of pyridine rings is 3. The van der Waals surface area contributed by atoms with Gasteiger partial charge in [0, 0.05) is 53.8 Å². The Labute approximate surface area is 237 Å². The molecule has 5 N–H and O–H groups in total. The van der Waals surface area contributed by atoms with Crippen molar-refractivity contribution in [1.29, 1.82) is 0 Å². The number of urea groups is 1. The predicted octanol–water partition coefficient (Wildman–Crippen LogP) is 3.55. The van der Waals surface area contributed by atoms with Gasteiger partial charge in [-0.25, -0.2) is 29.1 Å². The Bertz CT molecular complexity index is 1790. The van der Waals surface area contributed by atoms with E-state index in [9.17, 15) is 37.2 Å². The molecule has 222 valence electrons. The third kappa shape index (κ3) is 6.97. The highest BCUT2D eigenvalue weighted by Crippen LogP contribution is 2.39. The minimum atomic E-state index is -4.84. The summed E-state index contributed by atoms with van der Waals surface area (Å²) >= 11 is 0.674. The summed E-state index contributed by atoms with van der Waals surface area (Å²) in [5, 5.41) is 15.0. The van der Waals surface area contributed by atoms with Crippen molar-refractivity contribution in [1.82, 2.24) is 24.8 Å². The molecule has 0 spiro atoms. The van der Waals surface area contributed by atoms with E-state index in [1.165, 1.54) is 24.5 Å². The number of hydrogen-bond donors (Lipinski definition) is 5. The second-order valence-corrected chi connectivity index (χ2v) is 10.5. The van der Waals surface area contributed by atoms with Crippen molar-refractivity contribution in [3.63, 3.8) is 0 Å². The lowest BCUT2D eigenvalue weighted by Crippen LogP contribution is -2.28. The van der Waals surface area contributed by atoms with E-state index in [2.05, 4.69) is 30.1 Å². The average molecular weight is 628 g/mol. The molecular weight excluding hydrogens is 608 g/mol. The van der Waals surface area contributed by atoms with Crippen LogP contribution in [0, 0.1) is 0 Å². The number of hydrogen-bond acceptors (Lipinski definition) is 9. The molecule has 0 saturated carbocycles. The number of aromatic carboxylic acids is 1. The number of amides is 2. The maximum Gasteiger partial charge on any atom is 0.469 e. The van der Waals surface area contributed by atoms with Crippen molar-refractivity contribution in [2.24, 2.45) is 0 Å². The van der Waals surface area contributed by atoms with E-state index < -0.39 is 49.3 Å². The molecule has 0 atom stereocenters. The van der Waals surface area contributed by atoms with E-state index in [0.717, 1.165) is 16.1 Å². The summed E-state index contributed by atoms with van der Waals surface area (Å²) in [5.74, 6) is -1.60. The third-order valence-corrected chi connectivity index (χ3v) is 6.95. The lowest BCUT2D eigenvalue weighted by molar-refractivity contribution is -0.140. The number of nitrogens with zero attached hydrogens (tertiary/aromatic N) is 4. The molecule has 4 aromatic heterocycles. The molecule has 14 nitrogen and oxygen atoms in total. The monoisotopic (exact) mass is 628 g/mol. The van der Waals surface area contributed by atoms with E-state index in [-0.39, 0.29) is 45.1 Å². The molecule has 19 heteroatoms. The number of phosphoric ester groups is 1. The zero-order chi connectivity index (χ0) is 30.8. The molecule has 0 saturated heterocycles. The standard InChI is InChI=1S/C23H20F3N6O8PS/c1-2-27-22(36)31-17-6-12(20-30-16(10-42-20)23(24,25)26)14(8-28-17)11-5-13-18(33)15(21(34)35)9-32(19(13)29-7-11)3-4-40-41(37,38)39/h5-10H,2-4H2,1H3,(H,34,35)(H2,37,38,39)(H2,27,28,31,36). The first-order valence-corrected chi connectivity index (χ1v) is 14.1. The van der Waals surface area contributed by atoms with Gasteiger partial charge in [-0.3, -0.25) is 14.6 Å². The van der Waals surface area contributed by atoms with Gasteiger partial charge in [0.05, 0.1) is 12.0 Å².